The normalized spacial score (nSPS) is 21.8. The molecule has 5 aliphatic rings. The molecule has 3 aromatic heterocycles. The molecule has 20 heteroatoms. The van der Waals surface area contributed by atoms with Crippen LogP contribution >= 0.6 is 11.3 Å². The Hall–Kier alpha value is -6.89. The predicted octanol–water partition coefficient (Wildman–Crippen LogP) is 6.41. The van der Waals surface area contributed by atoms with E-state index >= 15 is 8.78 Å². The van der Waals surface area contributed by atoms with Gasteiger partial charge in [0.05, 0.1) is 51.9 Å². The number of carbonyl (C=O) groups excluding carboxylic acids is 3. The molecule has 11 rings (SSSR count). The molecule has 3 aromatic carbocycles. The summed E-state index contributed by atoms with van der Waals surface area (Å²) in [5, 5.41) is 32.1. The highest BCUT2D eigenvalue weighted by Crippen LogP contribution is 2.48. The van der Waals surface area contributed by atoms with E-state index < -0.39 is 47.1 Å². The van der Waals surface area contributed by atoms with E-state index in [4.69, 9.17) is 20.9 Å². The Balaban J connectivity index is 0.711. The number of likely N-dealkylation sites (tertiary alicyclic amines) is 2. The summed E-state index contributed by atoms with van der Waals surface area (Å²) in [4.78, 5) is 66.9. The number of ether oxygens (including phenoxy) is 2. The van der Waals surface area contributed by atoms with Gasteiger partial charge in [0.25, 0.3) is 0 Å². The molecule has 78 heavy (non-hydrogen) atoms. The van der Waals surface area contributed by atoms with E-state index in [1.54, 1.807) is 11.3 Å². The highest BCUT2D eigenvalue weighted by molar-refractivity contribution is 7.13. The highest BCUT2D eigenvalue weighted by Gasteiger charge is 2.48. The number of aromatic nitrogens is 4. The van der Waals surface area contributed by atoms with Gasteiger partial charge >= 0.3 is 6.01 Å². The van der Waals surface area contributed by atoms with Crippen molar-refractivity contribution in [2.75, 3.05) is 57.4 Å². The zero-order chi connectivity index (χ0) is 54.8. The number of β-amino-alcohol motifs (C(OH)–C–C–N with tert-alkyl or cyclic N) is 1. The van der Waals surface area contributed by atoms with Crippen molar-refractivity contribution < 1.29 is 42.9 Å². The molecule has 2 bridgehead atoms. The number of phenolic OH excluding ortho intramolecular Hbond substituents is 1. The molecule has 408 valence electrons. The second-order valence-electron chi connectivity index (χ2n) is 23.0. The molecule has 6 aromatic rings. The summed E-state index contributed by atoms with van der Waals surface area (Å²) in [6.07, 6.45) is 10.0. The minimum atomic E-state index is -1.00. The largest absolute Gasteiger partial charge is 0.508 e. The SMILES string of the molecule is C#Cc1c(F)ccc2cc(O)cc(-c3ncc4c(N5CC6CCC(C5)N6)nc(OCC5(CN6CC(OCC(=O)N[C@@H](C(=O)N7C[C@H](O)C[C@H]7C(=O)N[C@@H](C)c7ccc(-c8scnc8C)cc7)C(C)(C)C)C6)CC5)nc4c3F)c12. The average Bonchev–Trinajstić information content (AvgIpc) is 3.80. The Morgan fingerprint density at radius 3 is 2.42 bits per heavy atom. The molecule has 0 radical (unpaired) electrons. The zero-order valence-corrected chi connectivity index (χ0v) is 45.1. The van der Waals surface area contributed by atoms with E-state index in [0.717, 1.165) is 47.4 Å². The summed E-state index contributed by atoms with van der Waals surface area (Å²) in [7, 11) is 0. The number of aryl methyl sites for hydroxylation is 1. The molecule has 1 saturated carbocycles. The first-order chi connectivity index (χ1) is 37.3. The van der Waals surface area contributed by atoms with E-state index in [9.17, 15) is 24.6 Å². The molecule has 3 amide bonds. The van der Waals surface area contributed by atoms with E-state index in [1.807, 2.05) is 64.4 Å². The molecule has 7 heterocycles. The molecular formula is C58H64F2N10O7S. The topological polar surface area (TPSA) is 208 Å². The van der Waals surface area contributed by atoms with Crippen molar-refractivity contribution in [2.45, 2.75) is 109 Å². The van der Waals surface area contributed by atoms with Gasteiger partial charge in [0, 0.05) is 80.3 Å². The van der Waals surface area contributed by atoms with E-state index in [0.29, 0.717) is 49.3 Å². The van der Waals surface area contributed by atoms with Gasteiger partial charge in [-0.25, -0.2) is 13.8 Å². The third kappa shape index (κ3) is 10.7. The Morgan fingerprint density at radius 1 is 1.00 bits per heavy atom. The zero-order valence-electron chi connectivity index (χ0n) is 44.3. The number of piperazine rings is 1. The van der Waals surface area contributed by atoms with Crippen molar-refractivity contribution in [2.24, 2.45) is 10.8 Å². The van der Waals surface area contributed by atoms with Crippen LogP contribution in [0.1, 0.15) is 82.7 Å². The van der Waals surface area contributed by atoms with Gasteiger partial charge < -0.3 is 45.4 Å². The number of thiazole rings is 1. The molecular weight excluding hydrogens is 1020 g/mol. The smallest absolute Gasteiger partial charge is 0.319 e. The van der Waals surface area contributed by atoms with Crippen molar-refractivity contribution in [1.82, 2.24) is 45.7 Å². The van der Waals surface area contributed by atoms with E-state index in [2.05, 4.69) is 46.6 Å². The van der Waals surface area contributed by atoms with Crippen molar-refractivity contribution in [3.63, 3.8) is 0 Å². The number of hydrogen-bond donors (Lipinski definition) is 5. The number of nitrogens with zero attached hydrogens (tertiary/aromatic N) is 7. The molecule has 17 nitrogen and oxygen atoms in total. The van der Waals surface area contributed by atoms with Gasteiger partial charge in [-0.1, -0.05) is 57.0 Å². The van der Waals surface area contributed by atoms with Crippen LogP contribution in [-0.4, -0.2) is 147 Å². The van der Waals surface area contributed by atoms with Crippen molar-refractivity contribution >= 4 is 56.6 Å². The number of nitrogens with one attached hydrogen (secondary N) is 3. The Labute approximate surface area is 455 Å². The third-order valence-corrected chi connectivity index (χ3v) is 17.0. The number of amides is 3. The van der Waals surface area contributed by atoms with E-state index in [-0.39, 0.29) is 101 Å². The van der Waals surface area contributed by atoms with Gasteiger partial charge in [-0.2, -0.15) is 9.97 Å². The van der Waals surface area contributed by atoms with Crippen LogP contribution in [0.2, 0.25) is 0 Å². The summed E-state index contributed by atoms with van der Waals surface area (Å²) in [5.74, 6) is -0.0222. The summed E-state index contributed by atoms with van der Waals surface area (Å²) < 4.78 is 44.7. The van der Waals surface area contributed by atoms with Crippen molar-refractivity contribution in [3.05, 3.63) is 88.7 Å². The fraction of sp³-hybridized carbons (Fsp3) is 0.466. The van der Waals surface area contributed by atoms with E-state index in [1.165, 1.54) is 35.4 Å². The van der Waals surface area contributed by atoms with Crippen molar-refractivity contribution in [1.29, 1.82) is 0 Å². The second kappa shape index (κ2) is 21.1. The van der Waals surface area contributed by atoms with Crippen LogP contribution < -0.4 is 25.6 Å². The fourth-order valence-electron chi connectivity index (χ4n) is 11.6. The molecule has 2 unspecified atom stereocenters. The van der Waals surface area contributed by atoms with Gasteiger partial charge in [-0.05, 0) is 79.7 Å². The monoisotopic (exact) mass is 1080 g/mol. The first-order valence-electron chi connectivity index (χ1n) is 26.7. The number of halogens is 2. The molecule has 4 saturated heterocycles. The molecule has 6 atom stereocenters. The lowest BCUT2D eigenvalue weighted by atomic mass is 9.85. The summed E-state index contributed by atoms with van der Waals surface area (Å²) >= 11 is 1.57. The Bertz CT molecular complexity index is 3340. The number of benzene rings is 3. The van der Waals surface area contributed by atoms with Crippen LogP contribution in [0.25, 0.3) is 43.4 Å². The number of aliphatic hydroxyl groups excluding tert-OH is 1. The maximum absolute atomic E-state index is 17.1. The summed E-state index contributed by atoms with van der Waals surface area (Å²) in [6, 6.07) is 11.6. The number of anilines is 1. The summed E-state index contributed by atoms with van der Waals surface area (Å²) in [6.45, 7) is 12.5. The predicted molar refractivity (Wildman–Crippen MR) is 292 cm³/mol. The first-order valence-corrected chi connectivity index (χ1v) is 27.6. The Kier molecular flexibility index (Phi) is 14.3. The van der Waals surface area contributed by atoms with Crippen molar-refractivity contribution in [3.8, 4) is 45.8 Å². The first kappa shape index (κ1) is 53.1. The van der Waals surface area contributed by atoms with Crippen LogP contribution in [0.3, 0.4) is 0 Å². The lowest BCUT2D eigenvalue weighted by Crippen LogP contribution is -2.59. The van der Waals surface area contributed by atoms with Crippen LogP contribution in [0.5, 0.6) is 11.8 Å². The number of terminal acetylenes is 1. The van der Waals surface area contributed by atoms with Crippen LogP contribution in [0, 0.1) is 41.7 Å². The number of aromatic hydroxyl groups is 1. The molecule has 5 N–H and O–H groups in total. The average molecular weight is 1080 g/mol. The van der Waals surface area contributed by atoms with Gasteiger partial charge in [0.15, 0.2) is 5.82 Å². The number of hydrogen-bond acceptors (Lipinski definition) is 15. The fourth-order valence-corrected chi connectivity index (χ4v) is 12.4. The maximum atomic E-state index is 17.1. The quantitative estimate of drug-likeness (QED) is 0.0665. The minimum absolute atomic E-state index is 0.0132. The molecule has 0 spiro atoms. The molecule has 4 aliphatic heterocycles. The van der Waals surface area contributed by atoms with Gasteiger partial charge in [-0.3, -0.25) is 24.3 Å². The van der Waals surface area contributed by atoms with Gasteiger partial charge in [0.2, 0.25) is 17.7 Å². The van der Waals surface area contributed by atoms with Crippen LogP contribution in [-0.2, 0) is 19.1 Å². The van der Waals surface area contributed by atoms with Crippen LogP contribution in [0.15, 0.2) is 60.2 Å². The van der Waals surface area contributed by atoms with Crippen LogP contribution in [0.4, 0.5) is 14.6 Å². The van der Waals surface area contributed by atoms with Gasteiger partial charge in [0.1, 0.15) is 47.3 Å². The second-order valence-corrected chi connectivity index (χ2v) is 23.9. The Morgan fingerprint density at radius 2 is 1.74 bits per heavy atom. The molecule has 1 aliphatic carbocycles. The highest BCUT2D eigenvalue weighted by atomic mass is 32.1. The number of rotatable bonds is 16. The lowest BCUT2D eigenvalue weighted by Gasteiger charge is -2.41. The van der Waals surface area contributed by atoms with Gasteiger partial charge in [-0.15, -0.1) is 17.8 Å². The number of carbonyl (C=O) groups is 3. The molecule has 5 fully saturated rings. The summed E-state index contributed by atoms with van der Waals surface area (Å²) in [5.41, 5.74) is 3.61. The third-order valence-electron chi connectivity index (χ3n) is 16.1. The number of aliphatic hydroxyl groups is 1. The maximum Gasteiger partial charge on any atom is 0.319 e. The number of fused-ring (bicyclic) bond motifs is 4. The minimum Gasteiger partial charge on any atom is -0.508 e. The number of phenols is 1. The lowest BCUT2D eigenvalue weighted by molar-refractivity contribution is -0.146. The number of pyridine rings is 1. The standard InChI is InChI=1S/C58H64F2N10O7S/c1-7-41-44(59)15-12-35-18-38(71)19-42(47(35)41)49-48(60)50-43(21-61-49)53(69-22-36-13-14-37(23-69)64-36)67-56(66-50)77-29-58(16-17-58)28-68-25-40(26-68)76-27-46(73)65-52(57(4,5)6)55(75)70-24-39(72)20-45(70)54(74)63-31(2)33-8-10-34(11-9-33)51-32(3)62-30-78-51/h1,8-12,15,18-19,21,30-31,36-37,39-40,45,52,64,71-72H,13-14,16-17,20,22-29H2,2-6H3,(H,63,74)(H,65,73)/t31-,36?,37?,39+,45-,52-/m0/s1.